The van der Waals surface area contributed by atoms with Gasteiger partial charge in [-0.15, -0.1) is 0 Å². The Morgan fingerprint density at radius 1 is 1.23 bits per heavy atom. The molecule has 2 atom stereocenters. The topological polar surface area (TPSA) is 131 Å². The molecule has 4 aromatic rings. The van der Waals surface area contributed by atoms with E-state index >= 15 is 0 Å². The maximum atomic E-state index is 13.3. The molecule has 4 heterocycles. The first-order valence-corrected chi connectivity index (χ1v) is 11.2. The SMILES string of the molecule is O=C(O)N1CCC(O)(Cn2cnc3c(cnn3-c3ccc(F)cc3)c2=O)CC1CCn1ccnc1. The quantitative estimate of drug-likeness (QED) is 0.430. The summed E-state index contributed by atoms with van der Waals surface area (Å²) < 4.78 is 17.9. The van der Waals surface area contributed by atoms with E-state index in [1.807, 2.05) is 4.57 Å². The monoisotopic (exact) mass is 481 g/mol. The number of carboxylic acid groups (broad SMARTS) is 1. The van der Waals surface area contributed by atoms with Gasteiger partial charge in [-0.2, -0.15) is 5.10 Å². The van der Waals surface area contributed by atoms with Crippen molar-refractivity contribution in [3.63, 3.8) is 0 Å². The summed E-state index contributed by atoms with van der Waals surface area (Å²) in [5.41, 5.74) is -0.764. The van der Waals surface area contributed by atoms with Gasteiger partial charge in [-0.25, -0.2) is 23.8 Å². The number of nitrogens with zero attached hydrogens (tertiary/aromatic N) is 7. The number of halogens is 1. The van der Waals surface area contributed by atoms with Gasteiger partial charge in [0.25, 0.3) is 5.56 Å². The number of fused-ring (bicyclic) bond motifs is 1. The highest BCUT2D eigenvalue weighted by Crippen LogP contribution is 2.30. The normalized spacial score (nSPS) is 20.4. The summed E-state index contributed by atoms with van der Waals surface area (Å²) >= 11 is 0. The number of aromatic nitrogens is 6. The first kappa shape index (κ1) is 22.7. The fourth-order valence-electron chi connectivity index (χ4n) is 4.68. The van der Waals surface area contributed by atoms with E-state index in [1.165, 1.54) is 50.9 Å². The number of benzene rings is 1. The largest absolute Gasteiger partial charge is 0.465 e. The molecule has 1 aromatic carbocycles. The van der Waals surface area contributed by atoms with E-state index in [-0.39, 0.29) is 42.7 Å². The van der Waals surface area contributed by atoms with Crippen LogP contribution in [0, 0.1) is 5.82 Å². The molecular formula is C23H24FN7O4. The lowest BCUT2D eigenvalue weighted by atomic mass is 9.85. The van der Waals surface area contributed by atoms with Crippen molar-refractivity contribution in [2.24, 2.45) is 0 Å². The summed E-state index contributed by atoms with van der Waals surface area (Å²) in [4.78, 5) is 34.6. The molecule has 1 fully saturated rings. The van der Waals surface area contributed by atoms with Crippen molar-refractivity contribution < 1.29 is 19.4 Å². The van der Waals surface area contributed by atoms with E-state index in [0.29, 0.717) is 24.3 Å². The van der Waals surface area contributed by atoms with E-state index in [2.05, 4.69) is 15.1 Å². The molecule has 0 radical (unpaired) electrons. The van der Waals surface area contributed by atoms with Crippen LogP contribution in [-0.4, -0.2) is 68.3 Å². The minimum Gasteiger partial charge on any atom is -0.465 e. The average molecular weight is 481 g/mol. The Kier molecular flexibility index (Phi) is 5.81. The standard InChI is InChI=1S/C23H24FN7O4/c24-16-1-3-17(4-2-16)31-20-19(12-27-31)21(32)29(15-26-20)13-23(35)6-9-30(22(33)34)18(11-23)5-8-28-10-7-25-14-28/h1-4,7,10,12,14-15,18,35H,5-6,8-9,11,13H2,(H,33,34). The van der Waals surface area contributed by atoms with Crippen LogP contribution in [0.2, 0.25) is 0 Å². The molecule has 1 saturated heterocycles. The Hall–Kier alpha value is -4.06. The number of imidazole rings is 1. The molecule has 11 nitrogen and oxygen atoms in total. The summed E-state index contributed by atoms with van der Waals surface area (Å²) in [6.45, 7) is 0.694. The molecule has 0 spiro atoms. The van der Waals surface area contributed by atoms with E-state index in [0.717, 1.165) is 0 Å². The molecule has 35 heavy (non-hydrogen) atoms. The summed E-state index contributed by atoms with van der Waals surface area (Å²) in [7, 11) is 0. The van der Waals surface area contributed by atoms with Crippen LogP contribution in [0.5, 0.6) is 0 Å². The van der Waals surface area contributed by atoms with Gasteiger partial charge in [0, 0.05) is 31.5 Å². The minimum absolute atomic E-state index is 0.0223. The second kappa shape index (κ2) is 8.95. The molecule has 1 amide bonds. The molecule has 2 unspecified atom stereocenters. The van der Waals surface area contributed by atoms with Gasteiger partial charge in [-0.3, -0.25) is 9.36 Å². The number of aryl methyl sites for hydroxylation is 1. The minimum atomic E-state index is -1.28. The lowest BCUT2D eigenvalue weighted by molar-refractivity contribution is -0.0541. The van der Waals surface area contributed by atoms with Gasteiger partial charge in [0.15, 0.2) is 5.65 Å². The smallest absolute Gasteiger partial charge is 0.407 e. The molecule has 182 valence electrons. The Bertz CT molecular complexity index is 1400. The molecular weight excluding hydrogens is 457 g/mol. The first-order chi connectivity index (χ1) is 16.8. The molecule has 12 heteroatoms. The zero-order valence-electron chi connectivity index (χ0n) is 18.7. The molecule has 0 saturated carbocycles. The van der Waals surface area contributed by atoms with Gasteiger partial charge >= 0.3 is 6.09 Å². The summed E-state index contributed by atoms with van der Waals surface area (Å²) in [6.07, 6.45) is 7.72. The number of likely N-dealkylation sites (tertiary alicyclic amines) is 1. The van der Waals surface area contributed by atoms with Crippen LogP contribution in [-0.2, 0) is 13.1 Å². The Balaban J connectivity index is 1.38. The first-order valence-electron chi connectivity index (χ1n) is 11.2. The fourth-order valence-corrected chi connectivity index (χ4v) is 4.68. The maximum absolute atomic E-state index is 13.3. The number of hydrogen-bond acceptors (Lipinski definition) is 6. The lowest BCUT2D eigenvalue weighted by Gasteiger charge is -2.43. The van der Waals surface area contributed by atoms with Crippen LogP contribution in [0.1, 0.15) is 19.3 Å². The van der Waals surface area contributed by atoms with E-state index in [1.54, 1.807) is 18.7 Å². The van der Waals surface area contributed by atoms with Crippen LogP contribution in [0.15, 0.2) is 60.3 Å². The van der Waals surface area contributed by atoms with Gasteiger partial charge in [-0.1, -0.05) is 0 Å². The van der Waals surface area contributed by atoms with Crippen LogP contribution in [0.25, 0.3) is 16.7 Å². The highest BCUT2D eigenvalue weighted by atomic mass is 19.1. The van der Waals surface area contributed by atoms with Gasteiger partial charge < -0.3 is 19.7 Å². The van der Waals surface area contributed by atoms with Crippen molar-refractivity contribution in [2.75, 3.05) is 6.54 Å². The Morgan fingerprint density at radius 3 is 2.74 bits per heavy atom. The molecule has 2 N–H and O–H groups in total. The van der Waals surface area contributed by atoms with Gasteiger partial charge in [0.05, 0.1) is 30.4 Å². The third-order valence-electron chi connectivity index (χ3n) is 6.49. The summed E-state index contributed by atoms with van der Waals surface area (Å²) in [5, 5.41) is 25.5. The second-order valence-corrected chi connectivity index (χ2v) is 8.85. The van der Waals surface area contributed by atoms with Crippen molar-refractivity contribution in [3.05, 3.63) is 71.7 Å². The Labute approximate surface area is 198 Å². The highest BCUT2D eigenvalue weighted by Gasteiger charge is 2.40. The number of aliphatic hydroxyl groups is 1. The van der Waals surface area contributed by atoms with Gasteiger partial charge in [-0.05, 0) is 43.5 Å². The third kappa shape index (κ3) is 4.52. The zero-order chi connectivity index (χ0) is 24.6. The van der Waals surface area contributed by atoms with Crippen LogP contribution >= 0.6 is 0 Å². The van der Waals surface area contributed by atoms with Crippen molar-refractivity contribution in [2.45, 2.75) is 44.0 Å². The lowest BCUT2D eigenvalue weighted by Crippen LogP contribution is -2.54. The fraction of sp³-hybridized carbons (Fsp3) is 0.348. The second-order valence-electron chi connectivity index (χ2n) is 8.85. The van der Waals surface area contributed by atoms with Crippen molar-refractivity contribution in [1.82, 2.24) is 33.8 Å². The number of piperidine rings is 1. The van der Waals surface area contributed by atoms with Crippen molar-refractivity contribution in [1.29, 1.82) is 0 Å². The molecule has 0 aliphatic carbocycles. The van der Waals surface area contributed by atoms with Crippen molar-refractivity contribution >= 4 is 17.1 Å². The van der Waals surface area contributed by atoms with E-state index in [4.69, 9.17) is 0 Å². The number of carbonyl (C=O) groups is 1. The van der Waals surface area contributed by atoms with E-state index < -0.39 is 17.7 Å². The van der Waals surface area contributed by atoms with Gasteiger partial charge in [0.1, 0.15) is 17.5 Å². The molecule has 5 rings (SSSR count). The zero-order valence-corrected chi connectivity index (χ0v) is 18.7. The van der Waals surface area contributed by atoms with Crippen LogP contribution in [0.3, 0.4) is 0 Å². The maximum Gasteiger partial charge on any atom is 0.407 e. The number of amides is 1. The molecule has 3 aromatic heterocycles. The average Bonchev–Trinajstić information content (AvgIpc) is 3.50. The molecule has 0 bridgehead atoms. The third-order valence-corrected chi connectivity index (χ3v) is 6.49. The number of rotatable bonds is 6. The predicted octanol–water partition coefficient (Wildman–Crippen LogP) is 1.88. The number of hydrogen-bond donors (Lipinski definition) is 2. The molecule has 1 aliphatic heterocycles. The van der Waals surface area contributed by atoms with Crippen LogP contribution < -0.4 is 5.56 Å². The predicted molar refractivity (Wildman–Crippen MR) is 123 cm³/mol. The Morgan fingerprint density at radius 2 is 2.03 bits per heavy atom. The summed E-state index contributed by atoms with van der Waals surface area (Å²) in [6, 6.07) is 5.26. The highest BCUT2D eigenvalue weighted by molar-refractivity contribution is 5.74. The van der Waals surface area contributed by atoms with Crippen LogP contribution in [0.4, 0.5) is 9.18 Å². The van der Waals surface area contributed by atoms with E-state index in [9.17, 15) is 24.2 Å². The summed E-state index contributed by atoms with van der Waals surface area (Å²) in [5.74, 6) is -0.383. The molecule has 1 aliphatic rings. The van der Waals surface area contributed by atoms with Gasteiger partial charge in [0.2, 0.25) is 0 Å². The van der Waals surface area contributed by atoms with Crippen molar-refractivity contribution in [3.8, 4) is 5.69 Å².